The molecule has 18 heavy (non-hydrogen) atoms. The third-order valence-corrected chi connectivity index (χ3v) is 3.21. The number of halogens is 1. The Labute approximate surface area is 105 Å². The van der Waals surface area contributed by atoms with E-state index in [1.807, 2.05) is 6.07 Å². The smallest absolute Gasteiger partial charge is 0.132 e. The number of nitrogens with zero attached hydrogens (tertiary/aromatic N) is 1. The molecule has 2 N–H and O–H groups in total. The average Bonchev–Trinajstić information content (AvgIpc) is 3.08. The Bertz CT molecular complexity index is 531. The van der Waals surface area contributed by atoms with Crippen LogP contribution in [0.2, 0.25) is 0 Å². The van der Waals surface area contributed by atoms with E-state index in [4.69, 9.17) is 0 Å². The van der Waals surface area contributed by atoms with E-state index >= 15 is 0 Å². The summed E-state index contributed by atoms with van der Waals surface area (Å²) in [5.41, 5.74) is 1.30. The third-order valence-electron chi connectivity index (χ3n) is 3.21. The van der Waals surface area contributed by atoms with E-state index in [9.17, 15) is 4.39 Å². The summed E-state index contributed by atoms with van der Waals surface area (Å²) >= 11 is 0. The molecule has 0 radical (unpaired) electrons. The summed E-state index contributed by atoms with van der Waals surface area (Å²) in [7, 11) is 0. The van der Waals surface area contributed by atoms with Gasteiger partial charge in [0.15, 0.2) is 0 Å². The van der Waals surface area contributed by atoms with Crippen LogP contribution in [0.3, 0.4) is 0 Å². The number of aromatic nitrogens is 2. The van der Waals surface area contributed by atoms with Crippen molar-refractivity contribution >= 4 is 0 Å². The molecule has 2 aromatic rings. The number of nitrogens with one attached hydrogen (secondary N) is 2. The maximum atomic E-state index is 13.6. The number of rotatable bonds is 5. The van der Waals surface area contributed by atoms with Crippen LogP contribution >= 0.6 is 0 Å². The first-order valence-corrected chi connectivity index (χ1v) is 6.32. The van der Waals surface area contributed by atoms with Crippen LogP contribution in [0, 0.1) is 11.7 Å². The summed E-state index contributed by atoms with van der Waals surface area (Å²) in [5, 5.41) is 3.36. The topological polar surface area (TPSA) is 40.7 Å². The Morgan fingerprint density at radius 2 is 2.17 bits per heavy atom. The largest absolute Gasteiger partial charge is 0.341 e. The number of hydrogen-bond acceptors (Lipinski definition) is 2. The monoisotopic (exact) mass is 245 g/mol. The van der Waals surface area contributed by atoms with Crippen LogP contribution in [0.4, 0.5) is 4.39 Å². The van der Waals surface area contributed by atoms with E-state index < -0.39 is 0 Å². The van der Waals surface area contributed by atoms with Crippen LogP contribution in [-0.2, 0) is 6.54 Å². The van der Waals surface area contributed by atoms with Gasteiger partial charge in [0.25, 0.3) is 0 Å². The molecule has 3 nitrogen and oxygen atoms in total. The molecule has 1 aliphatic carbocycles. The highest BCUT2D eigenvalue weighted by atomic mass is 19.1. The molecule has 1 saturated carbocycles. The molecule has 4 heteroatoms. The number of hydrogen-bond donors (Lipinski definition) is 2. The second kappa shape index (κ2) is 4.90. The number of H-pyrrole nitrogens is 1. The highest BCUT2D eigenvalue weighted by Gasteiger charge is 2.20. The lowest BCUT2D eigenvalue weighted by atomic mass is 10.1. The highest BCUT2D eigenvalue weighted by molar-refractivity contribution is 5.59. The van der Waals surface area contributed by atoms with Crippen LogP contribution in [-0.4, -0.2) is 16.5 Å². The summed E-state index contributed by atoms with van der Waals surface area (Å²) in [6.45, 7) is 1.76. The maximum absolute atomic E-state index is 13.6. The van der Waals surface area contributed by atoms with E-state index in [1.54, 1.807) is 18.3 Å². The second-order valence-corrected chi connectivity index (χ2v) is 4.80. The lowest BCUT2D eigenvalue weighted by Crippen LogP contribution is -2.16. The molecule has 0 bridgehead atoms. The molecule has 94 valence electrons. The van der Waals surface area contributed by atoms with Gasteiger partial charge in [0, 0.05) is 5.56 Å². The van der Waals surface area contributed by atoms with Gasteiger partial charge < -0.3 is 10.3 Å². The molecule has 0 aliphatic heterocycles. The standard InChI is InChI=1S/C14H16FN3/c15-12-4-2-1-3-11(12)13-8-17-14(18-13)9-16-7-10-5-6-10/h1-4,8,10,16H,5-7,9H2,(H,17,18). The SMILES string of the molecule is Fc1ccccc1-c1cnc(CNCC2CC2)[nH]1. The van der Waals surface area contributed by atoms with E-state index in [2.05, 4.69) is 15.3 Å². The van der Waals surface area contributed by atoms with Gasteiger partial charge in [-0.1, -0.05) is 12.1 Å². The molecule has 0 amide bonds. The van der Waals surface area contributed by atoms with Crippen molar-refractivity contribution in [2.24, 2.45) is 5.92 Å². The van der Waals surface area contributed by atoms with Gasteiger partial charge in [0.05, 0.1) is 18.4 Å². The van der Waals surface area contributed by atoms with Crippen molar-refractivity contribution < 1.29 is 4.39 Å². The fourth-order valence-electron chi connectivity index (χ4n) is 1.99. The summed E-state index contributed by atoms with van der Waals surface area (Å²) in [4.78, 5) is 7.42. The minimum atomic E-state index is -0.223. The van der Waals surface area contributed by atoms with Crippen LogP contribution in [0.15, 0.2) is 30.5 Å². The minimum Gasteiger partial charge on any atom is -0.341 e. The third kappa shape index (κ3) is 2.59. The van der Waals surface area contributed by atoms with Crippen LogP contribution in [0.1, 0.15) is 18.7 Å². The average molecular weight is 245 g/mol. The van der Waals surface area contributed by atoms with E-state index in [0.717, 1.165) is 24.0 Å². The van der Waals surface area contributed by atoms with Crippen molar-refractivity contribution in [2.75, 3.05) is 6.54 Å². The maximum Gasteiger partial charge on any atom is 0.132 e. The predicted octanol–water partition coefficient (Wildman–Crippen LogP) is 2.72. The Hall–Kier alpha value is -1.68. The molecule has 0 atom stereocenters. The van der Waals surface area contributed by atoms with Crippen molar-refractivity contribution in [3.63, 3.8) is 0 Å². The van der Waals surface area contributed by atoms with Gasteiger partial charge in [-0.25, -0.2) is 9.37 Å². The molecule has 0 spiro atoms. The van der Waals surface area contributed by atoms with Crippen LogP contribution in [0.5, 0.6) is 0 Å². The van der Waals surface area contributed by atoms with E-state index in [1.165, 1.54) is 18.9 Å². The van der Waals surface area contributed by atoms with Gasteiger partial charge in [0.1, 0.15) is 11.6 Å². The first kappa shape index (κ1) is 11.4. The Morgan fingerprint density at radius 1 is 1.33 bits per heavy atom. The lowest BCUT2D eigenvalue weighted by Gasteiger charge is -2.01. The summed E-state index contributed by atoms with van der Waals surface area (Å²) in [5.74, 6) is 1.48. The Balaban J connectivity index is 1.66. The lowest BCUT2D eigenvalue weighted by molar-refractivity contribution is 0.622. The number of aromatic amines is 1. The van der Waals surface area contributed by atoms with Crippen molar-refractivity contribution in [2.45, 2.75) is 19.4 Å². The molecular weight excluding hydrogens is 229 g/mol. The molecule has 1 fully saturated rings. The van der Waals surface area contributed by atoms with Crippen molar-refractivity contribution in [1.29, 1.82) is 0 Å². The second-order valence-electron chi connectivity index (χ2n) is 4.80. The normalized spacial score (nSPS) is 14.9. The van der Waals surface area contributed by atoms with Crippen LogP contribution < -0.4 is 5.32 Å². The minimum absolute atomic E-state index is 0.223. The molecule has 0 saturated heterocycles. The first-order valence-electron chi connectivity index (χ1n) is 6.32. The Kier molecular flexibility index (Phi) is 3.11. The van der Waals surface area contributed by atoms with E-state index in [-0.39, 0.29) is 5.82 Å². The molecule has 1 heterocycles. The molecule has 1 aromatic heterocycles. The molecule has 0 unspecified atom stereocenters. The zero-order chi connectivity index (χ0) is 12.4. The predicted molar refractivity (Wildman–Crippen MR) is 68.4 cm³/mol. The van der Waals surface area contributed by atoms with Crippen molar-refractivity contribution in [3.8, 4) is 11.3 Å². The van der Waals surface area contributed by atoms with E-state index in [0.29, 0.717) is 12.1 Å². The fraction of sp³-hybridized carbons (Fsp3) is 0.357. The number of benzene rings is 1. The quantitative estimate of drug-likeness (QED) is 0.850. The number of imidazole rings is 1. The van der Waals surface area contributed by atoms with Gasteiger partial charge in [-0.05, 0) is 37.4 Å². The molecule has 3 rings (SSSR count). The molecule has 1 aliphatic rings. The van der Waals surface area contributed by atoms with Gasteiger partial charge in [-0.15, -0.1) is 0 Å². The zero-order valence-corrected chi connectivity index (χ0v) is 10.1. The first-order chi connectivity index (χ1) is 8.83. The summed E-state index contributed by atoms with van der Waals surface area (Å²) in [6.07, 6.45) is 4.36. The van der Waals surface area contributed by atoms with Gasteiger partial charge >= 0.3 is 0 Å². The highest BCUT2D eigenvalue weighted by Crippen LogP contribution is 2.27. The summed E-state index contributed by atoms with van der Waals surface area (Å²) < 4.78 is 13.6. The Morgan fingerprint density at radius 3 is 2.94 bits per heavy atom. The molecular formula is C14H16FN3. The van der Waals surface area contributed by atoms with Crippen molar-refractivity contribution in [1.82, 2.24) is 15.3 Å². The zero-order valence-electron chi connectivity index (χ0n) is 10.1. The molecule has 1 aromatic carbocycles. The van der Waals surface area contributed by atoms with Crippen molar-refractivity contribution in [3.05, 3.63) is 42.1 Å². The summed E-state index contributed by atoms with van der Waals surface area (Å²) in [6, 6.07) is 6.73. The fourth-order valence-corrected chi connectivity index (χ4v) is 1.99. The van der Waals surface area contributed by atoms with Gasteiger partial charge in [-0.2, -0.15) is 0 Å². The van der Waals surface area contributed by atoms with Gasteiger partial charge in [-0.3, -0.25) is 0 Å². The van der Waals surface area contributed by atoms with Crippen LogP contribution in [0.25, 0.3) is 11.3 Å². The van der Waals surface area contributed by atoms with Gasteiger partial charge in [0.2, 0.25) is 0 Å².